The minimum atomic E-state index is -4.53. The molecule has 0 saturated heterocycles. The number of aliphatic hydroxyl groups excluding tert-OH is 1. The number of aliphatic imine (C=N–C) groups is 1. The van der Waals surface area contributed by atoms with Gasteiger partial charge in [-0.05, 0) is 49.6 Å². The van der Waals surface area contributed by atoms with Crippen LogP contribution >= 0.6 is 0 Å². The van der Waals surface area contributed by atoms with Crippen molar-refractivity contribution in [3.8, 4) is 11.5 Å². The van der Waals surface area contributed by atoms with E-state index in [2.05, 4.69) is 4.99 Å². The van der Waals surface area contributed by atoms with Gasteiger partial charge in [-0.1, -0.05) is 45.9 Å². The molecule has 2 unspecified atom stereocenters. The Kier molecular flexibility index (Phi) is 12.2. The van der Waals surface area contributed by atoms with Crippen LogP contribution < -0.4 is 20.9 Å². The molecule has 12 heteroatoms. The zero-order valence-electron chi connectivity index (χ0n) is 24.7. The number of guanidine groups is 1. The largest absolute Gasteiger partial charge is 0.494 e. The highest BCUT2D eigenvalue weighted by atomic mass is 19.4. The summed E-state index contributed by atoms with van der Waals surface area (Å²) in [5.74, 6) is 0.378. The quantitative estimate of drug-likeness (QED) is 0.424. The molecule has 0 spiro atoms. The van der Waals surface area contributed by atoms with E-state index in [1.165, 1.54) is 11.0 Å². The first-order chi connectivity index (χ1) is 19.8. The number of aliphatic hydroxyl groups is 1. The zero-order valence-corrected chi connectivity index (χ0v) is 24.7. The van der Waals surface area contributed by atoms with Gasteiger partial charge in [0.15, 0.2) is 5.96 Å². The number of para-hydroxylation sites is 1. The van der Waals surface area contributed by atoms with Crippen LogP contribution in [0.2, 0.25) is 0 Å². The minimum absolute atomic E-state index is 0.0274. The van der Waals surface area contributed by atoms with Crippen LogP contribution in [-0.2, 0) is 17.8 Å². The Morgan fingerprint density at radius 2 is 1.81 bits per heavy atom. The van der Waals surface area contributed by atoms with E-state index in [1.807, 2.05) is 34.6 Å². The van der Waals surface area contributed by atoms with Crippen molar-refractivity contribution in [2.45, 2.75) is 90.8 Å². The Morgan fingerprint density at radius 1 is 1.17 bits per heavy atom. The predicted octanol–water partition coefficient (Wildman–Crippen LogP) is 4.73. The summed E-state index contributed by atoms with van der Waals surface area (Å²) in [6.07, 6.45) is -6.38. The van der Waals surface area contributed by atoms with E-state index in [-0.39, 0.29) is 30.6 Å². The summed E-state index contributed by atoms with van der Waals surface area (Å²) in [5.41, 5.74) is 12.7. The molecule has 5 N–H and O–H groups in total. The second-order valence-corrected chi connectivity index (χ2v) is 9.64. The van der Waals surface area contributed by atoms with Gasteiger partial charge in [-0.3, -0.25) is 14.5 Å². The Balaban J connectivity index is 0.000000308. The molecule has 2 aromatic carbocycles. The number of halogens is 3. The van der Waals surface area contributed by atoms with E-state index in [0.29, 0.717) is 35.5 Å². The van der Waals surface area contributed by atoms with Gasteiger partial charge in [-0.25, -0.2) is 4.99 Å². The van der Waals surface area contributed by atoms with Crippen LogP contribution in [0.5, 0.6) is 11.5 Å². The number of rotatable bonds is 7. The second-order valence-electron chi connectivity index (χ2n) is 9.64. The van der Waals surface area contributed by atoms with Gasteiger partial charge in [0.05, 0.1) is 25.1 Å². The van der Waals surface area contributed by atoms with Crippen LogP contribution in [0.25, 0.3) is 0 Å². The summed E-state index contributed by atoms with van der Waals surface area (Å²) >= 11 is 0. The van der Waals surface area contributed by atoms with Gasteiger partial charge in [0, 0.05) is 17.5 Å². The van der Waals surface area contributed by atoms with Gasteiger partial charge >= 0.3 is 6.18 Å². The third kappa shape index (κ3) is 8.37. The number of primary amides is 1. The maximum absolute atomic E-state index is 12.7. The number of nitrogens with zero attached hydrogens (tertiary/aromatic N) is 2. The molecule has 0 saturated carbocycles. The molecule has 42 heavy (non-hydrogen) atoms. The first-order valence-electron chi connectivity index (χ1n) is 14.0. The molecule has 2 aliphatic heterocycles. The van der Waals surface area contributed by atoms with E-state index >= 15 is 0 Å². The molecule has 0 aromatic heterocycles. The Hall–Kier alpha value is -3.80. The van der Waals surface area contributed by atoms with E-state index in [9.17, 15) is 27.9 Å². The van der Waals surface area contributed by atoms with Gasteiger partial charge < -0.3 is 26.0 Å². The maximum Gasteiger partial charge on any atom is 0.428 e. The smallest absolute Gasteiger partial charge is 0.428 e. The van der Waals surface area contributed by atoms with Gasteiger partial charge in [0.25, 0.3) is 0 Å². The van der Waals surface area contributed by atoms with Crippen molar-refractivity contribution in [3.05, 3.63) is 59.2 Å². The average Bonchev–Trinajstić information content (AvgIpc) is 2.96. The molecule has 9 nitrogen and oxygen atoms in total. The van der Waals surface area contributed by atoms with Crippen molar-refractivity contribution in [1.82, 2.24) is 4.90 Å². The van der Waals surface area contributed by atoms with E-state index in [0.717, 1.165) is 12.8 Å². The molecule has 0 radical (unpaired) electrons. The lowest BCUT2D eigenvalue weighted by Gasteiger charge is -2.36. The lowest BCUT2D eigenvalue weighted by atomic mass is 9.88. The van der Waals surface area contributed by atoms with Crippen LogP contribution in [0.4, 0.5) is 13.2 Å². The highest BCUT2D eigenvalue weighted by molar-refractivity contribution is 5.99. The number of fused-ring (bicyclic) bond motifs is 1. The number of amides is 2. The van der Waals surface area contributed by atoms with Crippen molar-refractivity contribution in [1.29, 1.82) is 0 Å². The molecule has 0 fully saturated rings. The number of carbonyl (C=O) groups excluding carboxylic acids is 2. The molecule has 0 bridgehead atoms. The number of hydrogen-bond donors (Lipinski definition) is 3. The Labute approximate surface area is 244 Å². The fourth-order valence-electron chi connectivity index (χ4n) is 4.62. The third-order valence-corrected chi connectivity index (χ3v) is 7.03. The first-order valence-corrected chi connectivity index (χ1v) is 14.0. The lowest BCUT2D eigenvalue weighted by Crippen LogP contribution is -2.50. The number of nitrogens with two attached hydrogens (primary N) is 2. The van der Waals surface area contributed by atoms with Crippen molar-refractivity contribution in [2.24, 2.45) is 16.5 Å². The highest BCUT2D eigenvalue weighted by Crippen LogP contribution is 2.35. The van der Waals surface area contributed by atoms with Crippen LogP contribution in [0.3, 0.4) is 0 Å². The fraction of sp³-hybridized carbons (Fsp3) is 0.500. The number of carbonyl (C=O) groups is 2. The normalized spacial score (nSPS) is 19.1. The van der Waals surface area contributed by atoms with E-state index in [4.69, 9.17) is 20.9 Å². The molecular formula is C30H41F3N4O5. The summed E-state index contributed by atoms with van der Waals surface area (Å²) in [6, 6.07) is 11.3. The average molecular weight is 595 g/mol. The molecule has 4 rings (SSSR count). The minimum Gasteiger partial charge on any atom is -0.494 e. The molecule has 232 valence electrons. The van der Waals surface area contributed by atoms with Gasteiger partial charge in [-0.15, -0.1) is 0 Å². The Bertz CT molecular complexity index is 1250. The molecule has 0 aliphatic carbocycles. The molecule has 2 amide bonds. The number of alkyl halides is 3. The second kappa shape index (κ2) is 14.9. The maximum atomic E-state index is 12.7. The highest BCUT2D eigenvalue weighted by Gasteiger charge is 2.48. The van der Waals surface area contributed by atoms with Crippen molar-refractivity contribution in [3.63, 3.8) is 0 Å². The molecule has 2 atom stereocenters. The standard InChI is InChI=1S/C18H26N4O3.C10H9F3O2.C2H6/c1-4-18(5-2)10-15(23)22(17(20)21-18)11-13-9-12(16(19)24)7-8-14(13)25-6-3;11-10(12,13)9-7(14)5-6-3-1-2-4-8(6)15-9;1-2/h7-9H,4-6,10-11H2,1-3H3,(H2,19,24)(H2,20,21);1-4,7,9,14H,5H2;1-2H3. The molecular weight excluding hydrogens is 553 g/mol. The van der Waals surface area contributed by atoms with Crippen LogP contribution in [0.1, 0.15) is 75.4 Å². The Morgan fingerprint density at radius 3 is 2.36 bits per heavy atom. The lowest BCUT2D eigenvalue weighted by molar-refractivity contribution is -0.224. The topological polar surface area (TPSA) is 140 Å². The summed E-state index contributed by atoms with van der Waals surface area (Å²) in [7, 11) is 0. The van der Waals surface area contributed by atoms with E-state index < -0.39 is 29.8 Å². The van der Waals surface area contributed by atoms with Crippen LogP contribution in [0.15, 0.2) is 47.5 Å². The summed E-state index contributed by atoms with van der Waals surface area (Å²) in [6.45, 7) is 10.5. The van der Waals surface area contributed by atoms with Crippen LogP contribution in [-0.4, -0.2) is 58.3 Å². The number of hydrogen-bond acceptors (Lipinski definition) is 7. The van der Waals surface area contributed by atoms with Crippen molar-refractivity contribution < 1.29 is 37.3 Å². The first kappa shape index (κ1) is 34.4. The van der Waals surface area contributed by atoms with Gasteiger partial charge in [-0.2, -0.15) is 13.2 Å². The summed E-state index contributed by atoms with van der Waals surface area (Å²) in [4.78, 5) is 30.1. The SMILES string of the molecule is CC.CCOc1ccc(C(N)=O)cc1CN1C(=O)CC(CC)(CC)N=C1N.OC1Cc2ccccc2OC1C(F)(F)F. The monoisotopic (exact) mass is 594 g/mol. The zero-order chi connectivity index (χ0) is 31.7. The number of ether oxygens (including phenoxy) is 2. The fourth-order valence-corrected chi connectivity index (χ4v) is 4.62. The predicted molar refractivity (Wildman–Crippen MR) is 154 cm³/mol. The summed E-state index contributed by atoms with van der Waals surface area (Å²) < 4.78 is 47.5. The molecule has 2 aliphatic rings. The van der Waals surface area contributed by atoms with Crippen molar-refractivity contribution in [2.75, 3.05) is 6.61 Å². The van der Waals surface area contributed by atoms with Crippen LogP contribution in [0, 0.1) is 0 Å². The van der Waals surface area contributed by atoms with Crippen molar-refractivity contribution >= 4 is 17.8 Å². The third-order valence-electron chi connectivity index (χ3n) is 7.03. The molecule has 2 heterocycles. The van der Waals surface area contributed by atoms with Gasteiger partial charge in [0.2, 0.25) is 17.9 Å². The number of benzene rings is 2. The van der Waals surface area contributed by atoms with E-state index in [1.54, 1.807) is 36.4 Å². The van der Waals surface area contributed by atoms with Gasteiger partial charge in [0.1, 0.15) is 17.6 Å². The summed E-state index contributed by atoms with van der Waals surface area (Å²) in [5, 5.41) is 9.31. The molecule has 2 aromatic rings.